The molecule has 0 fully saturated rings. The first-order valence-electron chi connectivity index (χ1n) is 10.1. The third-order valence-corrected chi connectivity index (χ3v) is 5.57. The topological polar surface area (TPSA) is 113 Å². The molecule has 3 N–H and O–H groups in total. The van der Waals surface area contributed by atoms with Crippen LogP contribution in [0.3, 0.4) is 0 Å². The molecule has 2 aromatic heterocycles. The van der Waals surface area contributed by atoms with Crippen molar-refractivity contribution in [3.05, 3.63) is 74.7 Å². The predicted octanol–water partition coefficient (Wildman–Crippen LogP) is 2.84. The van der Waals surface area contributed by atoms with E-state index in [0.29, 0.717) is 5.56 Å². The summed E-state index contributed by atoms with van der Waals surface area (Å²) in [5, 5.41) is 29.2. The fraction of sp³-hybridized carbons (Fsp3) is 0.348. The van der Waals surface area contributed by atoms with Crippen molar-refractivity contribution in [1.29, 1.82) is 0 Å². The second-order valence-corrected chi connectivity index (χ2v) is 7.90. The highest BCUT2D eigenvalue weighted by Gasteiger charge is 2.23. The minimum Gasteiger partial charge on any atom is -0.477 e. The molecule has 170 valence electrons. The van der Waals surface area contributed by atoms with Crippen LogP contribution in [-0.4, -0.2) is 37.4 Å². The number of hydrogen-bond acceptors (Lipinski definition) is 5. The number of fused-ring (bicyclic) bond motifs is 1. The standard InChI is InChI=1S/C23H24F2N2O5/c1-12(2)20(11-29)27-9-16(23(31)32)21(30)15-8-13(19(10-28)26-22(15)27)6-7-14-17(24)4-3-5-18(14)25/h3-5,8-9,12,20,28-29H,6-7,10-11H2,1-2H3,(H,31,32)/t20-/m1/s1. The van der Waals surface area contributed by atoms with E-state index < -0.39 is 41.2 Å². The van der Waals surface area contributed by atoms with Gasteiger partial charge < -0.3 is 19.9 Å². The lowest BCUT2D eigenvalue weighted by Crippen LogP contribution is -2.26. The highest BCUT2D eigenvalue weighted by molar-refractivity contribution is 5.92. The van der Waals surface area contributed by atoms with Crippen LogP contribution in [0.15, 0.2) is 35.3 Å². The van der Waals surface area contributed by atoms with Crippen molar-refractivity contribution < 1.29 is 28.9 Å². The van der Waals surface area contributed by atoms with Crippen molar-refractivity contribution >= 4 is 17.0 Å². The number of aromatic carboxylic acids is 1. The van der Waals surface area contributed by atoms with Crippen molar-refractivity contribution in [3.63, 3.8) is 0 Å². The lowest BCUT2D eigenvalue weighted by atomic mass is 9.99. The number of carboxylic acids is 1. The molecule has 9 heteroatoms. The lowest BCUT2D eigenvalue weighted by molar-refractivity contribution is 0.0694. The zero-order valence-corrected chi connectivity index (χ0v) is 17.7. The van der Waals surface area contributed by atoms with E-state index in [1.54, 1.807) is 0 Å². The summed E-state index contributed by atoms with van der Waals surface area (Å²) in [6.07, 6.45) is 1.17. The molecule has 0 radical (unpaired) electrons. The summed E-state index contributed by atoms with van der Waals surface area (Å²) in [7, 11) is 0. The summed E-state index contributed by atoms with van der Waals surface area (Å²) in [6, 6.07) is 4.39. The van der Waals surface area contributed by atoms with Gasteiger partial charge in [-0.15, -0.1) is 0 Å². The molecule has 0 spiro atoms. The summed E-state index contributed by atoms with van der Waals surface area (Å²) < 4.78 is 29.4. The third kappa shape index (κ3) is 4.39. The number of hydrogen-bond donors (Lipinski definition) is 3. The first kappa shape index (κ1) is 23.5. The molecule has 2 heterocycles. The monoisotopic (exact) mass is 446 g/mol. The van der Waals surface area contributed by atoms with E-state index in [1.165, 1.54) is 16.7 Å². The van der Waals surface area contributed by atoms with Crippen molar-refractivity contribution in [1.82, 2.24) is 9.55 Å². The quantitative estimate of drug-likeness (QED) is 0.491. The molecular formula is C23H24F2N2O5. The van der Waals surface area contributed by atoms with Gasteiger partial charge in [0.05, 0.1) is 30.3 Å². The Labute approximate surface area is 182 Å². The van der Waals surface area contributed by atoms with E-state index >= 15 is 0 Å². The highest BCUT2D eigenvalue weighted by Crippen LogP contribution is 2.25. The number of pyridine rings is 2. The van der Waals surface area contributed by atoms with Gasteiger partial charge in [0, 0.05) is 11.8 Å². The van der Waals surface area contributed by atoms with E-state index in [4.69, 9.17) is 0 Å². The van der Waals surface area contributed by atoms with Crippen molar-refractivity contribution in [2.45, 2.75) is 39.3 Å². The average molecular weight is 446 g/mol. The Hall–Kier alpha value is -3.17. The van der Waals surface area contributed by atoms with Gasteiger partial charge in [-0.05, 0) is 42.5 Å². The van der Waals surface area contributed by atoms with Crippen LogP contribution in [0.5, 0.6) is 0 Å². The second kappa shape index (κ2) is 9.54. The van der Waals surface area contributed by atoms with Gasteiger partial charge in [-0.1, -0.05) is 19.9 Å². The molecule has 1 aromatic carbocycles. The number of carboxylic acid groups (broad SMARTS) is 1. The Bertz CT molecular complexity index is 1200. The Balaban J connectivity index is 2.21. The van der Waals surface area contributed by atoms with Gasteiger partial charge >= 0.3 is 5.97 Å². The zero-order chi connectivity index (χ0) is 23.6. The number of aliphatic hydroxyl groups excluding tert-OH is 2. The van der Waals surface area contributed by atoms with Crippen LogP contribution in [0.1, 0.15) is 47.1 Å². The Morgan fingerprint density at radius 3 is 2.34 bits per heavy atom. The normalized spacial score (nSPS) is 12.5. The number of carbonyl (C=O) groups is 1. The zero-order valence-electron chi connectivity index (χ0n) is 17.7. The lowest BCUT2D eigenvalue weighted by Gasteiger charge is -2.24. The van der Waals surface area contributed by atoms with Gasteiger partial charge in [0.1, 0.15) is 22.8 Å². The first-order chi connectivity index (χ1) is 15.2. The summed E-state index contributed by atoms with van der Waals surface area (Å²) in [4.78, 5) is 28.9. The van der Waals surface area contributed by atoms with E-state index in [-0.39, 0.29) is 47.7 Å². The maximum absolute atomic E-state index is 14.0. The van der Waals surface area contributed by atoms with Gasteiger partial charge in [0.15, 0.2) is 0 Å². The smallest absolute Gasteiger partial charge is 0.341 e. The summed E-state index contributed by atoms with van der Waals surface area (Å²) >= 11 is 0. The van der Waals surface area contributed by atoms with Crippen LogP contribution in [0, 0.1) is 17.6 Å². The summed E-state index contributed by atoms with van der Waals surface area (Å²) in [5.74, 6) is -2.95. The van der Waals surface area contributed by atoms with Crippen molar-refractivity contribution in [3.8, 4) is 0 Å². The molecule has 0 aliphatic carbocycles. The highest BCUT2D eigenvalue weighted by atomic mass is 19.1. The fourth-order valence-electron chi connectivity index (χ4n) is 3.76. The Morgan fingerprint density at radius 1 is 1.16 bits per heavy atom. The van der Waals surface area contributed by atoms with E-state index in [9.17, 15) is 33.7 Å². The number of rotatable bonds is 8. The van der Waals surface area contributed by atoms with E-state index in [2.05, 4.69) is 4.98 Å². The number of aryl methyl sites for hydroxylation is 1. The molecule has 0 aliphatic heterocycles. The molecule has 0 unspecified atom stereocenters. The molecule has 0 saturated carbocycles. The first-order valence-corrected chi connectivity index (χ1v) is 10.1. The molecule has 3 rings (SSSR count). The van der Waals surface area contributed by atoms with Crippen LogP contribution in [0.25, 0.3) is 11.0 Å². The minimum atomic E-state index is -1.42. The molecule has 3 aromatic rings. The van der Waals surface area contributed by atoms with E-state index in [1.807, 2.05) is 13.8 Å². The van der Waals surface area contributed by atoms with Crippen LogP contribution < -0.4 is 5.43 Å². The SMILES string of the molecule is CC(C)[C@@H](CO)n1cc(C(=O)O)c(=O)c2cc(CCc3c(F)cccc3F)c(CO)nc21. The molecule has 0 aliphatic rings. The van der Waals surface area contributed by atoms with Gasteiger partial charge in [-0.3, -0.25) is 4.79 Å². The van der Waals surface area contributed by atoms with Crippen LogP contribution in [0.2, 0.25) is 0 Å². The van der Waals surface area contributed by atoms with Crippen molar-refractivity contribution in [2.75, 3.05) is 6.61 Å². The van der Waals surface area contributed by atoms with Crippen LogP contribution >= 0.6 is 0 Å². The largest absolute Gasteiger partial charge is 0.477 e. The molecular weight excluding hydrogens is 422 g/mol. The maximum Gasteiger partial charge on any atom is 0.341 e. The fourth-order valence-corrected chi connectivity index (χ4v) is 3.76. The van der Waals surface area contributed by atoms with E-state index in [0.717, 1.165) is 18.3 Å². The summed E-state index contributed by atoms with van der Waals surface area (Å²) in [6.45, 7) is 2.84. The number of aliphatic hydroxyl groups is 2. The molecule has 1 atom stereocenters. The molecule has 0 bridgehead atoms. The van der Waals surface area contributed by atoms with Gasteiger partial charge in [0.2, 0.25) is 5.43 Å². The van der Waals surface area contributed by atoms with Gasteiger partial charge in [-0.2, -0.15) is 0 Å². The number of halogens is 2. The third-order valence-electron chi connectivity index (χ3n) is 5.57. The average Bonchev–Trinajstić information content (AvgIpc) is 2.74. The Kier molecular flexibility index (Phi) is 7.00. The van der Waals surface area contributed by atoms with Gasteiger partial charge in [0.25, 0.3) is 0 Å². The van der Waals surface area contributed by atoms with Crippen LogP contribution in [-0.2, 0) is 19.4 Å². The van der Waals surface area contributed by atoms with Crippen molar-refractivity contribution in [2.24, 2.45) is 5.92 Å². The molecule has 0 saturated heterocycles. The number of aromatic nitrogens is 2. The maximum atomic E-state index is 14.0. The predicted molar refractivity (Wildman–Crippen MR) is 114 cm³/mol. The minimum absolute atomic E-state index is 0.00907. The number of nitrogens with zero attached hydrogens (tertiary/aromatic N) is 2. The number of benzene rings is 1. The molecule has 0 amide bonds. The van der Waals surface area contributed by atoms with Gasteiger partial charge in [-0.25, -0.2) is 18.6 Å². The Morgan fingerprint density at radius 2 is 1.81 bits per heavy atom. The summed E-state index contributed by atoms with van der Waals surface area (Å²) in [5.41, 5.74) is -0.684. The van der Waals surface area contributed by atoms with Crippen LogP contribution in [0.4, 0.5) is 8.78 Å². The molecule has 7 nitrogen and oxygen atoms in total. The molecule has 32 heavy (non-hydrogen) atoms. The second-order valence-electron chi connectivity index (χ2n) is 7.90.